The number of esters is 1. The van der Waals surface area contributed by atoms with E-state index in [1.807, 2.05) is 0 Å². The predicted octanol–water partition coefficient (Wildman–Crippen LogP) is -0.417. The first-order valence-electron chi connectivity index (χ1n) is 4.31. The van der Waals surface area contributed by atoms with Crippen LogP contribution in [-0.2, 0) is 19.6 Å². The van der Waals surface area contributed by atoms with Gasteiger partial charge in [-0.25, -0.2) is 4.79 Å². The lowest BCUT2D eigenvalue weighted by Gasteiger charge is -2.05. The van der Waals surface area contributed by atoms with Crippen molar-refractivity contribution in [2.24, 2.45) is 0 Å². The molecule has 0 bridgehead atoms. The molecule has 0 aliphatic heterocycles. The van der Waals surface area contributed by atoms with E-state index in [9.17, 15) is 13.2 Å². The van der Waals surface area contributed by atoms with Crippen LogP contribution in [0.2, 0.25) is 0 Å². The van der Waals surface area contributed by atoms with Crippen molar-refractivity contribution in [2.75, 3.05) is 25.4 Å². The van der Waals surface area contributed by atoms with Gasteiger partial charge in [-0.15, -0.1) is 0 Å². The van der Waals surface area contributed by atoms with E-state index in [1.54, 1.807) is 0 Å². The Morgan fingerprint density at radius 2 is 2.07 bits per heavy atom. The van der Waals surface area contributed by atoms with Gasteiger partial charge in [0, 0.05) is 18.7 Å². The third-order valence-electron chi connectivity index (χ3n) is 1.40. The first kappa shape index (κ1) is 14.1. The Balaban J connectivity index is 3.41. The maximum atomic E-state index is 10.8. The van der Waals surface area contributed by atoms with Gasteiger partial charge in [-0.3, -0.25) is 4.55 Å². The highest BCUT2D eigenvalue weighted by molar-refractivity contribution is 7.85. The van der Waals surface area contributed by atoms with Crippen LogP contribution in [0.5, 0.6) is 0 Å². The largest absolute Gasteiger partial charge is 0.461 e. The van der Waals surface area contributed by atoms with Gasteiger partial charge in [0.05, 0.1) is 5.75 Å². The summed E-state index contributed by atoms with van der Waals surface area (Å²) in [5.41, 5.74) is 0.313. The molecular formula is C8H15NO5S. The smallest absolute Gasteiger partial charge is 0.333 e. The average Bonchev–Trinajstić information content (AvgIpc) is 2.08. The van der Waals surface area contributed by atoms with E-state index in [-0.39, 0.29) is 18.9 Å². The molecule has 0 heterocycles. The SMILES string of the molecule is C=C(C)C(=O)OCCNCCS(=O)(=O)O. The number of carbonyl (C=O) groups is 1. The van der Waals surface area contributed by atoms with Crippen LogP contribution in [0, 0.1) is 0 Å². The second kappa shape index (κ2) is 6.54. The molecule has 0 aromatic heterocycles. The Hall–Kier alpha value is -0.920. The van der Waals surface area contributed by atoms with Crippen molar-refractivity contribution in [1.29, 1.82) is 0 Å². The van der Waals surface area contributed by atoms with Crippen molar-refractivity contribution in [3.63, 3.8) is 0 Å². The van der Waals surface area contributed by atoms with Crippen molar-refractivity contribution in [2.45, 2.75) is 6.92 Å². The van der Waals surface area contributed by atoms with Crippen LogP contribution < -0.4 is 5.32 Å². The van der Waals surface area contributed by atoms with E-state index in [0.717, 1.165) is 0 Å². The topological polar surface area (TPSA) is 92.7 Å². The van der Waals surface area contributed by atoms with Crippen LogP contribution in [0.1, 0.15) is 6.92 Å². The number of rotatable bonds is 7. The summed E-state index contributed by atoms with van der Waals surface area (Å²) in [7, 11) is -3.93. The molecule has 0 atom stereocenters. The van der Waals surface area contributed by atoms with E-state index in [2.05, 4.69) is 11.9 Å². The first-order chi connectivity index (χ1) is 6.83. The average molecular weight is 237 g/mol. The van der Waals surface area contributed by atoms with Gasteiger partial charge in [-0.2, -0.15) is 8.42 Å². The lowest BCUT2D eigenvalue weighted by atomic mass is 10.4. The summed E-state index contributed by atoms with van der Waals surface area (Å²) in [6.45, 7) is 5.51. The van der Waals surface area contributed by atoms with Gasteiger partial charge in [0.25, 0.3) is 10.1 Å². The Kier molecular flexibility index (Phi) is 6.14. The van der Waals surface area contributed by atoms with Crippen molar-refractivity contribution in [3.05, 3.63) is 12.2 Å². The monoisotopic (exact) mass is 237 g/mol. The summed E-state index contributed by atoms with van der Waals surface area (Å²) in [6, 6.07) is 0. The van der Waals surface area contributed by atoms with E-state index in [4.69, 9.17) is 9.29 Å². The van der Waals surface area contributed by atoms with Crippen molar-refractivity contribution < 1.29 is 22.5 Å². The fourth-order valence-electron chi connectivity index (χ4n) is 0.665. The summed E-state index contributed by atoms with van der Waals surface area (Å²) >= 11 is 0. The van der Waals surface area contributed by atoms with E-state index >= 15 is 0 Å². The Morgan fingerprint density at radius 1 is 1.47 bits per heavy atom. The van der Waals surface area contributed by atoms with E-state index in [0.29, 0.717) is 12.1 Å². The molecule has 2 N–H and O–H groups in total. The molecule has 0 radical (unpaired) electrons. The van der Waals surface area contributed by atoms with Gasteiger partial charge in [-0.05, 0) is 6.92 Å². The molecule has 0 aliphatic carbocycles. The van der Waals surface area contributed by atoms with Crippen LogP contribution in [0.3, 0.4) is 0 Å². The van der Waals surface area contributed by atoms with Crippen LogP contribution in [0.4, 0.5) is 0 Å². The molecule has 0 saturated carbocycles. The number of ether oxygens (including phenoxy) is 1. The fourth-order valence-corrected chi connectivity index (χ4v) is 1.07. The molecule has 0 unspecified atom stereocenters. The number of hydrogen-bond donors (Lipinski definition) is 2. The van der Waals surface area contributed by atoms with Crippen LogP contribution in [-0.4, -0.2) is 44.4 Å². The molecule has 0 rings (SSSR count). The molecule has 0 aromatic carbocycles. The molecule has 6 nitrogen and oxygen atoms in total. The standard InChI is InChI=1S/C8H15NO5S/c1-7(2)8(10)14-5-3-9-4-6-15(11,12)13/h9H,1,3-6H2,2H3,(H,11,12,13). The second-order valence-corrected chi connectivity index (χ2v) is 4.52. The molecule has 0 saturated heterocycles. The number of nitrogens with one attached hydrogen (secondary N) is 1. The highest BCUT2D eigenvalue weighted by Gasteiger charge is 2.04. The van der Waals surface area contributed by atoms with Gasteiger partial charge < -0.3 is 10.1 Å². The molecule has 7 heteroatoms. The van der Waals surface area contributed by atoms with Crippen LogP contribution >= 0.6 is 0 Å². The van der Waals surface area contributed by atoms with E-state index in [1.165, 1.54) is 6.92 Å². The lowest BCUT2D eigenvalue weighted by molar-refractivity contribution is -0.138. The molecule has 0 aromatic rings. The Bertz CT molecular complexity index is 322. The molecule has 15 heavy (non-hydrogen) atoms. The molecule has 88 valence electrons. The molecule has 0 aliphatic rings. The minimum absolute atomic E-state index is 0.115. The molecule has 0 spiro atoms. The van der Waals surface area contributed by atoms with Gasteiger partial charge in [-0.1, -0.05) is 6.58 Å². The predicted molar refractivity (Wildman–Crippen MR) is 55.1 cm³/mol. The third kappa shape index (κ3) is 9.39. The van der Waals surface area contributed by atoms with Gasteiger partial charge in [0.1, 0.15) is 6.61 Å². The van der Waals surface area contributed by atoms with E-state index < -0.39 is 16.1 Å². The van der Waals surface area contributed by atoms with Gasteiger partial charge in [0.15, 0.2) is 0 Å². The van der Waals surface area contributed by atoms with Crippen LogP contribution in [0.15, 0.2) is 12.2 Å². The highest BCUT2D eigenvalue weighted by atomic mass is 32.2. The maximum absolute atomic E-state index is 10.8. The third-order valence-corrected chi connectivity index (χ3v) is 2.12. The lowest BCUT2D eigenvalue weighted by Crippen LogP contribution is -2.26. The zero-order valence-electron chi connectivity index (χ0n) is 8.52. The van der Waals surface area contributed by atoms with Crippen molar-refractivity contribution in [1.82, 2.24) is 5.32 Å². The second-order valence-electron chi connectivity index (χ2n) is 2.95. The summed E-state index contributed by atoms with van der Waals surface area (Å²) in [6.07, 6.45) is 0. The maximum Gasteiger partial charge on any atom is 0.333 e. The molecule has 0 amide bonds. The quantitative estimate of drug-likeness (QED) is 0.270. The Labute approximate surface area is 89.1 Å². The van der Waals surface area contributed by atoms with Crippen molar-refractivity contribution >= 4 is 16.1 Å². The summed E-state index contributed by atoms with van der Waals surface area (Å²) < 4.78 is 33.7. The zero-order valence-corrected chi connectivity index (χ0v) is 9.34. The normalized spacial score (nSPS) is 11.1. The zero-order chi connectivity index (χ0) is 11.9. The molecule has 0 fully saturated rings. The summed E-state index contributed by atoms with van der Waals surface area (Å²) in [4.78, 5) is 10.8. The highest BCUT2D eigenvalue weighted by Crippen LogP contribution is 1.90. The number of carbonyl (C=O) groups excluding carboxylic acids is 1. The fraction of sp³-hybridized carbons (Fsp3) is 0.625. The van der Waals surface area contributed by atoms with Gasteiger partial charge >= 0.3 is 5.97 Å². The summed E-state index contributed by atoms with van der Waals surface area (Å²) in [5.74, 6) is -0.840. The van der Waals surface area contributed by atoms with Crippen LogP contribution in [0.25, 0.3) is 0 Å². The Morgan fingerprint density at radius 3 is 2.53 bits per heavy atom. The number of hydrogen-bond acceptors (Lipinski definition) is 5. The molecular weight excluding hydrogens is 222 g/mol. The minimum Gasteiger partial charge on any atom is -0.461 e. The first-order valence-corrected chi connectivity index (χ1v) is 5.92. The summed E-state index contributed by atoms with van der Waals surface area (Å²) in [5, 5.41) is 2.69. The van der Waals surface area contributed by atoms with Crippen molar-refractivity contribution in [3.8, 4) is 0 Å². The minimum atomic E-state index is -3.93. The van der Waals surface area contributed by atoms with Gasteiger partial charge in [0.2, 0.25) is 0 Å².